The van der Waals surface area contributed by atoms with Crippen LogP contribution in [0.1, 0.15) is 10.4 Å². The number of aliphatic imine (C=N–C) groups is 1. The summed E-state index contributed by atoms with van der Waals surface area (Å²) in [7, 11) is 1.31. The van der Waals surface area contributed by atoms with Gasteiger partial charge in [0.25, 0.3) is 0 Å². The summed E-state index contributed by atoms with van der Waals surface area (Å²) >= 11 is 5.57. The van der Waals surface area contributed by atoms with E-state index in [0.29, 0.717) is 28.7 Å². The summed E-state index contributed by atoms with van der Waals surface area (Å²) in [6, 6.07) is 9.95. The molecule has 1 heterocycles. The van der Waals surface area contributed by atoms with Gasteiger partial charge in [-0.2, -0.15) is 0 Å². The summed E-state index contributed by atoms with van der Waals surface area (Å²) in [6.07, 6.45) is 1.47. The highest BCUT2D eigenvalue weighted by Crippen LogP contribution is 2.23. The number of nitrogens with zero attached hydrogens (tertiary/aromatic N) is 2. The highest BCUT2D eigenvalue weighted by molar-refractivity contribution is 6.28. The number of hydrogen-bond acceptors (Lipinski definition) is 5. The monoisotopic (exact) mass is 319 g/mol. The first-order valence-corrected chi connectivity index (χ1v) is 6.87. The molecule has 2 aromatic rings. The van der Waals surface area contributed by atoms with Crippen molar-refractivity contribution in [1.82, 2.24) is 4.98 Å². The third-order valence-electron chi connectivity index (χ3n) is 2.62. The molecular weight excluding hydrogens is 306 g/mol. The number of carbonyl (C=O) groups is 1. The Balaban J connectivity index is 2.12. The number of amidine groups is 1. The number of pyridine rings is 1. The molecule has 0 spiro atoms. The molecule has 0 bridgehead atoms. The third kappa shape index (κ3) is 4.20. The van der Waals surface area contributed by atoms with Crippen LogP contribution in [0.25, 0.3) is 0 Å². The molecule has 114 valence electrons. The fourth-order valence-electron chi connectivity index (χ4n) is 1.62. The van der Waals surface area contributed by atoms with Crippen molar-refractivity contribution in [3.8, 4) is 11.6 Å². The number of alkyl halides is 1. The van der Waals surface area contributed by atoms with Gasteiger partial charge in [-0.05, 0) is 30.3 Å². The van der Waals surface area contributed by atoms with Crippen molar-refractivity contribution in [2.45, 2.75) is 0 Å². The van der Waals surface area contributed by atoms with E-state index in [9.17, 15) is 4.79 Å². The van der Waals surface area contributed by atoms with E-state index in [-0.39, 0.29) is 5.88 Å². The Kier molecular flexibility index (Phi) is 5.32. The Hall–Kier alpha value is -2.60. The smallest absolute Gasteiger partial charge is 0.338 e. The van der Waals surface area contributed by atoms with Crippen molar-refractivity contribution in [2.75, 3.05) is 13.0 Å². The lowest BCUT2D eigenvalue weighted by molar-refractivity contribution is 0.0600. The number of hydrogen-bond donors (Lipinski definition) is 1. The molecule has 0 aliphatic heterocycles. The fourth-order valence-corrected chi connectivity index (χ4v) is 1.67. The van der Waals surface area contributed by atoms with Crippen LogP contribution in [-0.2, 0) is 4.74 Å². The van der Waals surface area contributed by atoms with Crippen LogP contribution >= 0.6 is 11.6 Å². The molecule has 0 unspecified atom stereocenters. The fraction of sp³-hybridized carbons (Fsp3) is 0.133. The van der Waals surface area contributed by atoms with Crippen LogP contribution < -0.4 is 10.5 Å². The SMILES string of the molecule is COC(=O)c1ccnc(Oc2ccc(N=C(N)CCl)cc2)c1. The first-order valence-electron chi connectivity index (χ1n) is 6.33. The van der Waals surface area contributed by atoms with E-state index in [2.05, 4.69) is 14.7 Å². The number of benzene rings is 1. The molecule has 7 heteroatoms. The molecule has 0 aliphatic rings. The number of aromatic nitrogens is 1. The highest BCUT2D eigenvalue weighted by Gasteiger charge is 2.07. The van der Waals surface area contributed by atoms with E-state index in [4.69, 9.17) is 22.1 Å². The van der Waals surface area contributed by atoms with Gasteiger partial charge in [-0.3, -0.25) is 0 Å². The topological polar surface area (TPSA) is 86.8 Å². The average molecular weight is 320 g/mol. The van der Waals surface area contributed by atoms with Gasteiger partial charge in [-0.1, -0.05) is 0 Å². The number of ether oxygens (including phenoxy) is 2. The van der Waals surface area contributed by atoms with Gasteiger partial charge in [0.1, 0.15) is 11.6 Å². The molecule has 0 saturated carbocycles. The van der Waals surface area contributed by atoms with Gasteiger partial charge in [-0.25, -0.2) is 14.8 Å². The molecule has 6 nitrogen and oxygen atoms in total. The molecule has 0 amide bonds. The minimum atomic E-state index is -0.450. The minimum absolute atomic E-state index is 0.169. The molecular formula is C15H14ClN3O3. The van der Waals surface area contributed by atoms with Crippen molar-refractivity contribution in [1.29, 1.82) is 0 Å². The van der Waals surface area contributed by atoms with Crippen LogP contribution in [0.3, 0.4) is 0 Å². The summed E-state index contributed by atoms with van der Waals surface area (Å²) in [5, 5.41) is 0. The van der Waals surface area contributed by atoms with Crippen molar-refractivity contribution in [3.05, 3.63) is 48.2 Å². The lowest BCUT2D eigenvalue weighted by Gasteiger charge is -2.06. The standard InChI is InChI=1S/C15H14ClN3O3/c1-21-15(20)10-6-7-18-14(8-10)22-12-4-2-11(3-5-12)19-13(17)9-16/h2-8H,9H2,1H3,(H2,17,19). The van der Waals surface area contributed by atoms with E-state index >= 15 is 0 Å². The number of esters is 1. The second-order valence-corrected chi connectivity index (χ2v) is 4.47. The van der Waals surface area contributed by atoms with Crippen LogP contribution in [-0.4, -0.2) is 29.8 Å². The second-order valence-electron chi connectivity index (χ2n) is 4.21. The van der Waals surface area contributed by atoms with Gasteiger partial charge >= 0.3 is 5.97 Å². The molecule has 2 rings (SSSR count). The van der Waals surface area contributed by atoms with Gasteiger partial charge < -0.3 is 15.2 Å². The van der Waals surface area contributed by atoms with Crippen molar-refractivity contribution in [3.63, 3.8) is 0 Å². The zero-order valence-electron chi connectivity index (χ0n) is 11.8. The number of carbonyl (C=O) groups excluding carboxylic acids is 1. The number of rotatable bonds is 5. The van der Waals surface area contributed by atoms with Crippen LogP contribution in [0, 0.1) is 0 Å². The molecule has 0 saturated heterocycles. The van der Waals surface area contributed by atoms with Gasteiger partial charge in [0.2, 0.25) is 5.88 Å². The van der Waals surface area contributed by atoms with E-state index in [1.165, 1.54) is 19.4 Å². The number of halogens is 1. The molecule has 0 aliphatic carbocycles. The maximum Gasteiger partial charge on any atom is 0.338 e. The molecule has 0 atom stereocenters. The van der Waals surface area contributed by atoms with E-state index in [1.807, 2.05) is 0 Å². The van der Waals surface area contributed by atoms with E-state index < -0.39 is 5.97 Å². The van der Waals surface area contributed by atoms with Gasteiger partial charge in [0, 0.05) is 12.3 Å². The van der Waals surface area contributed by atoms with Gasteiger partial charge in [0.15, 0.2) is 0 Å². The summed E-state index contributed by atoms with van der Waals surface area (Å²) in [6.45, 7) is 0. The summed E-state index contributed by atoms with van der Waals surface area (Å²) in [5.74, 6) is 0.899. The summed E-state index contributed by atoms with van der Waals surface area (Å²) in [5.41, 5.74) is 6.59. The zero-order chi connectivity index (χ0) is 15.9. The Labute approximate surface area is 132 Å². The predicted octanol–water partition coefficient (Wildman–Crippen LogP) is 2.89. The van der Waals surface area contributed by atoms with E-state index in [1.54, 1.807) is 30.3 Å². The normalized spacial score (nSPS) is 11.1. The van der Waals surface area contributed by atoms with Gasteiger partial charge in [0.05, 0.1) is 24.2 Å². The average Bonchev–Trinajstić information content (AvgIpc) is 2.56. The molecule has 22 heavy (non-hydrogen) atoms. The summed E-state index contributed by atoms with van der Waals surface area (Å²) < 4.78 is 10.2. The maximum atomic E-state index is 11.5. The summed E-state index contributed by atoms with van der Waals surface area (Å²) in [4.78, 5) is 19.6. The quantitative estimate of drug-likeness (QED) is 0.396. The zero-order valence-corrected chi connectivity index (χ0v) is 12.6. The van der Waals surface area contributed by atoms with Crippen LogP contribution in [0.5, 0.6) is 11.6 Å². The minimum Gasteiger partial charge on any atom is -0.465 e. The molecule has 1 aromatic heterocycles. The molecule has 0 radical (unpaired) electrons. The van der Waals surface area contributed by atoms with Gasteiger partial charge in [-0.15, -0.1) is 11.6 Å². The van der Waals surface area contributed by atoms with Crippen LogP contribution in [0.4, 0.5) is 5.69 Å². The number of methoxy groups -OCH3 is 1. The molecule has 1 aromatic carbocycles. The lowest BCUT2D eigenvalue weighted by Crippen LogP contribution is -2.12. The Bertz CT molecular complexity index is 687. The van der Waals surface area contributed by atoms with Crippen molar-refractivity contribution < 1.29 is 14.3 Å². The lowest BCUT2D eigenvalue weighted by atomic mass is 10.2. The van der Waals surface area contributed by atoms with E-state index in [0.717, 1.165) is 0 Å². The Morgan fingerprint density at radius 3 is 2.68 bits per heavy atom. The second kappa shape index (κ2) is 7.42. The molecule has 2 N–H and O–H groups in total. The first kappa shape index (κ1) is 15.8. The van der Waals surface area contributed by atoms with Crippen molar-refractivity contribution >= 4 is 29.1 Å². The third-order valence-corrected chi connectivity index (χ3v) is 2.90. The Morgan fingerprint density at radius 2 is 2.05 bits per heavy atom. The highest BCUT2D eigenvalue weighted by atomic mass is 35.5. The molecule has 0 fully saturated rings. The maximum absolute atomic E-state index is 11.5. The largest absolute Gasteiger partial charge is 0.465 e. The van der Waals surface area contributed by atoms with Crippen LogP contribution in [0.2, 0.25) is 0 Å². The van der Waals surface area contributed by atoms with Crippen LogP contribution in [0.15, 0.2) is 47.6 Å². The number of nitrogens with two attached hydrogens (primary N) is 1. The first-order chi connectivity index (χ1) is 10.6. The Morgan fingerprint density at radius 1 is 1.32 bits per heavy atom. The predicted molar refractivity (Wildman–Crippen MR) is 84.1 cm³/mol. The van der Waals surface area contributed by atoms with Crippen molar-refractivity contribution in [2.24, 2.45) is 10.7 Å².